The van der Waals surface area contributed by atoms with E-state index >= 15 is 0 Å². The fraction of sp³-hybridized carbons (Fsp3) is 0.350. The number of rotatable bonds is 9. The molecule has 1 unspecified atom stereocenters. The molecule has 2 rings (SSSR count). The van der Waals surface area contributed by atoms with E-state index in [-0.39, 0.29) is 9.92 Å². The number of halogens is 1. The number of amides is 1. The van der Waals surface area contributed by atoms with Crippen LogP contribution in [-0.2, 0) is 14.8 Å². The van der Waals surface area contributed by atoms with Gasteiger partial charge in [0.2, 0.25) is 10.0 Å². The standard InChI is InChI=1S/C20H25ClN2O5S/c1-5-23(6-2)29(25,26)19-13-15(7-12-18(19)21)22-20(24)14(3)28-17-10-8-16(27-4)9-11-17/h7-14H,5-6H2,1-4H3,(H,22,24). The Morgan fingerprint density at radius 2 is 1.69 bits per heavy atom. The van der Waals surface area contributed by atoms with Crippen LogP contribution in [0.5, 0.6) is 11.5 Å². The lowest BCUT2D eigenvalue weighted by Gasteiger charge is -2.20. The molecule has 1 N–H and O–H groups in total. The monoisotopic (exact) mass is 440 g/mol. The van der Waals surface area contributed by atoms with Gasteiger partial charge in [0.05, 0.1) is 12.1 Å². The molecule has 7 nitrogen and oxygen atoms in total. The van der Waals surface area contributed by atoms with Crippen LogP contribution in [0.1, 0.15) is 20.8 Å². The van der Waals surface area contributed by atoms with E-state index in [0.717, 1.165) is 0 Å². The van der Waals surface area contributed by atoms with Gasteiger partial charge in [-0.05, 0) is 49.4 Å². The van der Waals surface area contributed by atoms with Gasteiger partial charge in [-0.3, -0.25) is 4.79 Å². The van der Waals surface area contributed by atoms with Crippen LogP contribution in [0.15, 0.2) is 47.4 Å². The van der Waals surface area contributed by atoms with Gasteiger partial charge in [0, 0.05) is 18.8 Å². The van der Waals surface area contributed by atoms with Crippen molar-refractivity contribution in [3.63, 3.8) is 0 Å². The molecular formula is C20H25ClN2O5S. The molecule has 1 amide bonds. The molecule has 9 heteroatoms. The summed E-state index contributed by atoms with van der Waals surface area (Å²) in [6.45, 7) is 5.73. The van der Waals surface area contributed by atoms with Crippen molar-refractivity contribution in [1.82, 2.24) is 4.31 Å². The van der Waals surface area contributed by atoms with Gasteiger partial charge in [-0.25, -0.2) is 8.42 Å². The highest BCUT2D eigenvalue weighted by Gasteiger charge is 2.25. The maximum absolute atomic E-state index is 12.8. The molecule has 158 valence electrons. The van der Waals surface area contributed by atoms with Crippen LogP contribution in [-0.4, -0.2) is 44.9 Å². The van der Waals surface area contributed by atoms with Crippen LogP contribution in [0.3, 0.4) is 0 Å². The molecule has 0 saturated carbocycles. The predicted octanol–water partition coefficient (Wildman–Crippen LogP) is 3.79. The number of carbonyl (C=O) groups is 1. The van der Waals surface area contributed by atoms with E-state index < -0.39 is 22.0 Å². The molecule has 0 aliphatic carbocycles. The third-order valence-electron chi connectivity index (χ3n) is 4.26. The Morgan fingerprint density at radius 3 is 2.24 bits per heavy atom. The number of nitrogens with zero attached hydrogens (tertiary/aromatic N) is 1. The minimum atomic E-state index is -3.76. The fourth-order valence-corrected chi connectivity index (χ4v) is 4.60. The topological polar surface area (TPSA) is 84.9 Å². The molecule has 1 atom stereocenters. The van der Waals surface area contributed by atoms with Gasteiger partial charge >= 0.3 is 0 Å². The minimum absolute atomic E-state index is 0.0515. The smallest absolute Gasteiger partial charge is 0.265 e. The summed E-state index contributed by atoms with van der Waals surface area (Å²) >= 11 is 6.12. The van der Waals surface area contributed by atoms with E-state index in [2.05, 4.69) is 5.32 Å². The average Bonchev–Trinajstić information content (AvgIpc) is 2.70. The van der Waals surface area contributed by atoms with E-state index in [1.165, 1.54) is 16.4 Å². The summed E-state index contributed by atoms with van der Waals surface area (Å²) in [5.41, 5.74) is 0.315. The summed E-state index contributed by atoms with van der Waals surface area (Å²) in [4.78, 5) is 12.4. The highest BCUT2D eigenvalue weighted by molar-refractivity contribution is 7.89. The molecular weight excluding hydrogens is 416 g/mol. The second kappa shape index (κ2) is 9.96. The average molecular weight is 441 g/mol. The summed E-state index contributed by atoms with van der Waals surface area (Å²) < 4.78 is 37.6. The van der Waals surface area contributed by atoms with Crippen molar-refractivity contribution in [2.75, 3.05) is 25.5 Å². The number of nitrogens with one attached hydrogen (secondary N) is 1. The van der Waals surface area contributed by atoms with Gasteiger partial charge in [-0.1, -0.05) is 25.4 Å². The fourth-order valence-electron chi connectivity index (χ4n) is 2.64. The lowest BCUT2D eigenvalue weighted by Crippen LogP contribution is -2.31. The molecule has 0 heterocycles. The summed E-state index contributed by atoms with van der Waals surface area (Å²) in [6.07, 6.45) is -0.804. The van der Waals surface area contributed by atoms with Crippen molar-refractivity contribution in [2.24, 2.45) is 0 Å². The van der Waals surface area contributed by atoms with Crippen molar-refractivity contribution in [1.29, 1.82) is 0 Å². The van der Waals surface area contributed by atoms with Crippen molar-refractivity contribution in [3.05, 3.63) is 47.5 Å². The highest BCUT2D eigenvalue weighted by atomic mass is 35.5. The Labute approximate surface area is 176 Å². The number of hydrogen-bond acceptors (Lipinski definition) is 5. The summed E-state index contributed by atoms with van der Waals surface area (Å²) in [7, 11) is -2.20. The first-order chi connectivity index (χ1) is 13.7. The number of benzene rings is 2. The first kappa shape index (κ1) is 23.0. The van der Waals surface area contributed by atoms with E-state index in [9.17, 15) is 13.2 Å². The van der Waals surface area contributed by atoms with Crippen LogP contribution in [0.4, 0.5) is 5.69 Å². The first-order valence-electron chi connectivity index (χ1n) is 9.14. The molecule has 0 fully saturated rings. The zero-order chi connectivity index (χ0) is 21.6. The van der Waals surface area contributed by atoms with E-state index in [1.54, 1.807) is 58.2 Å². The normalized spacial score (nSPS) is 12.5. The number of sulfonamides is 1. The summed E-state index contributed by atoms with van der Waals surface area (Å²) in [5.74, 6) is 0.765. The Hall–Kier alpha value is -2.29. The van der Waals surface area contributed by atoms with Gasteiger partial charge in [0.15, 0.2) is 6.10 Å². The lowest BCUT2D eigenvalue weighted by atomic mass is 10.3. The molecule has 0 aliphatic heterocycles. The molecule has 2 aromatic carbocycles. The van der Waals surface area contributed by atoms with Gasteiger partial charge in [0.25, 0.3) is 5.91 Å². The molecule has 0 radical (unpaired) electrons. The Bertz CT molecular complexity index is 944. The molecule has 0 aliphatic rings. The number of hydrogen-bond donors (Lipinski definition) is 1. The van der Waals surface area contributed by atoms with Gasteiger partial charge in [-0.15, -0.1) is 0 Å². The molecule has 0 bridgehead atoms. The second-order valence-corrected chi connectivity index (χ2v) is 8.47. The van der Waals surface area contributed by atoms with Crippen molar-refractivity contribution in [2.45, 2.75) is 31.8 Å². The van der Waals surface area contributed by atoms with Gasteiger partial charge < -0.3 is 14.8 Å². The van der Waals surface area contributed by atoms with Crippen LogP contribution in [0.2, 0.25) is 5.02 Å². The van der Waals surface area contributed by atoms with Crippen molar-refractivity contribution in [3.8, 4) is 11.5 Å². The Balaban J connectivity index is 2.15. The van der Waals surface area contributed by atoms with Crippen LogP contribution in [0, 0.1) is 0 Å². The van der Waals surface area contributed by atoms with E-state index in [4.69, 9.17) is 21.1 Å². The van der Waals surface area contributed by atoms with Crippen molar-refractivity contribution < 1.29 is 22.7 Å². The molecule has 0 saturated heterocycles. The third kappa shape index (κ3) is 5.62. The number of methoxy groups -OCH3 is 1. The zero-order valence-electron chi connectivity index (χ0n) is 16.8. The quantitative estimate of drug-likeness (QED) is 0.641. The Kier molecular flexibility index (Phi) is 7.89. The maximum atomic E-state index is 12.8. The van der Waals surface area contributed by atoms with Crippen LogP contribution >= 0.6 is 11.6 Å². The molecule has 2 aromatic rings. The number of carbonyl (C=O) groups excluding carboxylic acids is 1. The lowest BCUT2D eigenvalue weighted by molar-refractivity contribution is -0.122. The first-order valence-corrected chi connectivity index (χ1v) is 11.0. The second-order valence-electron chi connectivity index (χ2n) is 6.16. The molecule has 0 aromatic heterocycles. The zero-order valence-corrected chi connectivity index (χ0v) is 18.4. The third-order valence-corrected chi connectivity index (χ3v) is 6.79. The van der Waals surface area contributed by atoms with Gasteiger partial charge in [-0.2, -0.15) is 4.31 Å². The predicted molar refractivity (Wildman–Crippen MR) is 113 cm³/mol. The highest BCUT2D eigenvalue weighted by Crippen LogP contribution is 2.28. The maximum Gasteiger partial charge on any atom is 0.265 e. The van der Waals surface area contributed by atoms with Crippen LogP contribution < -0.4 is 14.8 Å². The van der Waals surface area contributed by atoms with E-state index in [0.29, 0.717) is 30.3 Å². The Morgan fingerprint density at radius 1 is 1.10 bits per heavy atom. The van der Waals surface area contributed by atoms with Crippen LogP contribution in [0.25, 0.3) is 0 Å². The molecule has 29 heavy (non-hydrogen) atoms. The number of ether oxygens (including phenoxy) is 2. The van der Waals surface area contributed by atoms with E-state index in [1.807, 2.05) is 0 Å². The van der Waals surface area contributed by atoms with Crippen molar-refractivity contribution >= 4 is 33.2 Å². The minimum Gasteiger partial charge on any atom is -0.497 e. The summed E-state index contributed by atoms with van der Waals surface area (Å²) in [5, 5.41) is 2.76. The largest absolute Gasteiger partial charge is 0.497 e. The van der Waals surface area contributed by atoms with Gasteiger partial charge in [0.1, 0.15) is 16.4 Å². The SMILES string of the molecule is CCN(CC)S(=O)(=O)c1cc(NC(=O)C(C)Oc2ccc(OC)cc2)ccc1Cl. The summed E-state index contributed by atoms with van der Waals surface area (Å²) in [6, 6.07) is 11.2. The molecule has 0 spiro atoms. The number of anilines is 1.